The Morgan fingerprint density at radius 2 is 1.74 bits per heavy atom. The number of carbonyl (C=O) groups is 2. The van der Waals surface area contributed by atoms with Crippen LogP contribution >= 0.6 is 12.4 Å². The van der Waals surface area contributed by atoms with Crippen molar-refractivity contribution in [2.45, 2.75) is 26.2 Å². The van der Waals surface area contributed by atoms with E-state index in [1.165, 1.54) is 0 Å². The number of hydrogen-bond acceptors (Lipinski definition) is 4. The van der Waals surface area contributed by atoms with E-state index < -0.39 is 0 Å². The van der Waals surface area contributed by atoms with Crippen LogP contribution < -0.4 is 10.2 Å². The van der Waals surface area contributed by atoms with Gasteiger partial charge in [-0.2, -0.15) is 0 Å². The summed E-state index contributed by atoms with van der Waals surface area (Å²) < 4.78 is 0. The molecule has 5 nitrogen and oxygen atoms in total. The van der Waals surface area contributed by atoms with Crippen LogP contribution in [-0.4, -0.2) is 30.9 Å². The zero-order valence-corrected chi connectivity index (χ0v) is 12.5. The fourth-order valence-corrected chi connectivity index (χ4v) is 1.88. The van der Waals surface area contributed by atoms with Crippen LogP contribution in [0.3, 0.4) is 0 Å². The molecule has 1 N–H and O–H groups in total. The van der Waals surface area contributed by atoms with E-state index in [9.17, 15) is 9.59 Å². The number of rotatable bonds is 1. The normalized spacial score (nSPS) is 13.7. The van der Waals surface area contributed by atoms with Crippen molar-refractivity contribution in [2.24, 2.45) is 0 Å². The van der Waals surface area contributed by atoms with Gasteiger partial charge in [0.1, 0.15) is 5.82 Å². The van der Waals surface area contributed by atoms with Crippen molar-refractivity contribution in [3.05, 3.63) is 22.9 Å². The average Bonchev–Trinajstić information content (AvgIpc) is 2.52. The molecule has 0 radical (unpaired) electrons. The number of aromatic nitrogens is 1. The minimum atomic E-state index is -0.369. The first-order valence-corrected chi connectivity index (χ1v) is 5.80. The molecule has 19 heavy (non-hydrogen) atoms. The van der Waals surface area contributed by atoms with Gasteiger partial charge < -0.3 is 4.90 Å². The molecule has 0 bridgehead atoms. The lowest BCUT2D eigenvalue weighted by molar-refractivity contribution is 0.0880. The Labute approximate surface area is 118 Å². The van der Waals surface area contributed by atoms with Gasteiger partial charge in [-0.15, -0.1) is 12.4 Å². The van der Waals surface area contributed by atoms with Crippen molar-refractivity contribution in [1.82, 2.24) is 10.3 Å². The lowest BCUT2D eigenvalue weighted by Crippen LogP contribution is -2.22. The number of halogens is 1. The van der Waals surface area contributed by atoms with Crippen molar-refractivity contribution in [2.75, 3.05) is 19.0 Å². The molecule has 1 aromatic rings. The predicted molar refractivity (Wildman–Crippen MR) is 76.3 cm³/mol. The molecule has 1 aliphatic heterocycles. The van der Waals surface area contributed by atoms with E-state index in [1.54, 1.807) is 11.0 Å². The predicted octanol–water partition coefficient (Wildman–Crippen LogP) is 1.75. The number of imide groups is 1. The van der Waals surface area contributed by atoms with Gasteiger partial charge in [0, 0.05) is 25.2 Å². The maximum Gasteiger partial charge on any atom is 0.262 e. The summed E-state index contributed by atoms with van der Waals surface area (Å²) in [6.07, 6.45) is 0. The number of pyridine rings is 1. The van der Waals surface area contributed by atoms with Gasteiger partial charge in [-0.1, -0.05) is 20.8 Å². The molecule has 0 fully saturated rings. The molecule has 0 saturated heterocycles. The number of amides is 2. The van der Waals surface area contributed by atoms with Crippen LogP contribution in [0.4, 0.5) is 5.82 Å². The number of fused-ring (bicyclic) bond motifs is 1. The third-order valence-corrected chi connectivity index (χ3v) is 2.89. The smallest absolute Gasteiger partial charge is 0.262 e. The molecule has 0 spiro atoms. The van der Waals surface area contributed by atoms with Crippen molar-refractivity contribution in [1.29, 1.82) is 0 Å². The highest BCUT2D eigenvalue weighted by Gasteiger charge is 2.33. The van der Waals surface area contributed by atoms with Crippen molar-refractivity contribution in [3.63, 3.8) is 0 Å². The first-order chi connectivity index (χ1) is 8.21. The van der Waals surface area contributed by atoms with Crippen LogP contribution in [0.25, 0.3) is 0 Å². The van der Waals surface area contributed by atoms with E-state index in [-0.39, 0.29) is 29.6 Å². The second kappa shape index (κ2) is 4.81. The summed E-state index contributed by atoms with van der Waals surface area (Å²) in [7, 11) is 3.62. The summed E-state index contributed by atoms with van der Waals surface area (Å²) in [6.45, 7) is 6.07. The molecule has 2 amide bonds. The fourth-order valence-electron chi connectivity index (χ4n) is 1.88. The third kappa shape index (κ3) is 2.56. The van der Waals surface area contributed by atoms with Crippen molar-refractivity contribution in [3.8, 4) is 0 Å². The molecule has 0 saturated carbocycles. The van der Waals surface area contributed by atoms with E-state index in [0.717, 1.165) is 5.69 Å². The summed E-state index contributed by atoms with van der Waals surface area (Å²) >= 11 is 0. The molecule has 0 atom stereocenters. The molecule has 0 aromatic carbocycles. The van der Waals surface area contributed by atoms with Gasteiger partial charge in [0.2, 0.25) is 0 Å². The number of hydrogen-bond donors (Lipinski definition) is 1. The largest absolute Gasteiger partial charge is 0.362 e. The summed E-state index contributed by atoms with van der Waals surface area (Å²) in [5.41, 5.74) is 1.42. The van der Waals surface area contributed by atoms with Gasteiger partial charge in [-0.05, 0) is 6.07 Å². The van der Waals surface area contributed by atoms with E-state index >= 15 is 0 Å². The Hall–Kier alpha value is -1.62. The van der Waals surface area contributed by atoms with Crippen molar-refractivity contribution < 1.29 is 9.59 Å². The average molecular weight is 284 g/mol. The Bertz CT molecular complexity index is 548. The lowest BCUT2D eigenvalue weighted by Gasteiger charge is -2.22. The van der Waals surface area contributed by atoms with Crippen LogP contribution in [0.15, 0.2) is 6.07 Å². The standard InChI is InChI=1S/C13H17N3O2.ClH/c1-13(2,3)8-6-7-9(10(14-8)16(4)5)12(18)15-11(7)17;/h6H,1-5H3,(H,15,17,18);1H. The monoisotopic (exact) mass is 283 g/mol. The third-order valence-electron chi connectivity index (χ3n) is 2.89. The molecular weight excluding hydrogens is 266 g/mol. The SMILES string of the molecule is CN(C)c1nc(C(C)(C)C)cc2c1C(=O)NC2=O.Cl. The number of anilines is 1. The quantitative estimate of drug-likeness (QED) is 0.798. The van der Waals surface area contributed by atoms with Gasteiger partial charge in [-0.3, -0.25) is 14.9 Å². The van der Waals surface area contributed by atoms with Crippen molar-refractivity contribution >= 4 is 30.0 Å². The van der Waals surface area contributed by atoms with Gasteiger partial charge in [-0.25, -0.2) is 4.98 Å². The molecule has 2 rings (SSSR count). The van der Waals surface area contributed by atoms with Crippen LogP contribution in [0.5, 0.6) is 0 Å². The van der Waals surface area contributed by atoms with Crippen LogP contribution in [0, 0.1) is 0 Å². The molecular formula is C13H18ClN3O2. The Morgan fingerprint density at radius 1 is 1.16 bits per heavy atom. The van der Waals surface area contributed by atoms with Gasteiger partial charge in [0.15, 0.2) is 0 Å². The summed E-state index contributed by atoms with van der Waals surface area (Å²) in [4.78, 5) is 29.8. The van der Waals surface area contributed by atoms with Gasteiger partial charge >= 0.3 is 0 Å². The van der Waals surface area contributed by atoms with Gasteiger partial charge in [0.25, 0.3) is 11.8 Å². The van der Waals surface area contributed by atoms with Gasteiger partial charge in [0.05, 0.1) is 11.1 Å². The lowest BCUT2D eigenvalue weighted by atomic mass is 9.90. The maximum absolute atomic E-state index is 11.8. The second-order valence-corrected chi connectivity index (χ2v) is 5.68. The first kappa shape index (κ1) is 15.4. The first-order valence-electron chi connectivity index (χ1n) is 5.80. The topological polar surface area (TPSA) is 62.3 Å². The molecule has 104 valence electrons. The minimum Gasteiger partial charge on any atom is -0.362 e. The molecule has 0 aliphatic carbocycles. The van der Waals surface area contributed by atoms with Crippen LogP contribution in [0.1, 0.15) is 47.2 Å². The number of nitrogens with one attached hydrogen (secondary N) is 1. The van der Waals surface area contributed by atoms with Crippen LogP contribution in [-0.2, 0) is 5.41 Å². The Morgan fingerprint density at radius 3 is 2.21 bits per heavy atom. The highest BCUT2D eigenvalue weighted by atomic mass is 35.5. The van der Waals surface area contributed by atoms with E-state index in [4.69, 9.17) is 0 Å². The molecule has 1 aromatic heterocycles. The summed E-state index contributed by atoms with van der Waals surface area (Å²) in [5.74, 6) is -0.168. The van der Waals surface area contributed by atoms with E-state index in [0.29, 0.717) is 16.9 Å². The zero-order valence-electron chi connectivity index (χ0n) is 11.7. The van der Waals surface area contributed by atoms with Crippen LogP contribution in [0.2, 0.25) is 0 Å². The molecule has 2 heterocycles. The summed E-state index contributed by atoms with van der Waals surface area (Å²) in [6, 6.07) is 1.71. The Balaban J connectivity index is 0.00000180. The zero-order chi connectivity index (χ0) is 13.7. The number of nitrogens with zero attached hydrogens (tertiary/aromatic N) is 2. The minimum absolute atomic E-state index is 0. The molecule has 0 unspecified atom stereocenters. The highest BCUT2D eigenvalue weighted by Crippen LogP contribution is 2.30. The fraction of sp³-hybridized carbons (Fsp3) is 0.462. The molecule has 1 aliphatic rings. The second-order valence-electron chi connectivity index (χ2n) is 5.68. The number of carbonyl (C=O) groups excluding carboxylic acids is 2. The summed E-state index contributed by atoms with van der Waals surface area (Å²) in [5, 5.41) is 2.31. The molecule has 6 heteroatoms. The Kier molecular flexibility index (Phi) is 3.91. The van der Waals surface area contributed by atoms with E-state index in [1.807, 2.05) is 34.9 Å². The highest BCUT2D eigenvalue weighted by molar-refractivity contribution is 6.23. The maximum atomic E-state index is 11.8. The van der Waals surface area contributed by atoms with E-state index in [2.05, 4.69) is 10.3 Å².